The Morgan fingerprint density at radius 1 is 1.48 bits per heavy atom. The maximum absolute atomic E-state index is 14.0. The van der Waals surface area contributed by atoms with Crippen molar-refractivity contribution in [2.75, 3.05) is 6.61 Å². The molecule has 132 valence electrons. The normalized spacial score (nSPS) is 17.2. The molecule has 0 spiro atoms. The van der Waals surface area contributed by atoms with Gasteiger partial charge in [0.2, 0.25) is 5.88 Å². The van der Waals surface area contributed by atoms with E-state index in [2.05, 4.69) is 15.9 Å². The van der Waals surface area contributed by atoms with E-state index in [1.807, 2.05) is 6.07 Å². The van der Waals surface area contributed by atoms with Crippen LogP contribution in [0.4, 0.5) is 4.39 Å². The zero-order valence-electron chi connectivity index (χ0n) is 14.4. The summed E-state index contributed by atoms with van der Waals surface area (Å²) in [6, 6.07) is 3.37. The molecule has 5 nitrogen and oxygen atoms in total. The van der Waals surface area contributed by atoms with Crippen LogP contribution in [0.25, 0.3) is 0 Å². The number of carbonyl (C=O) groups excluding carboxylic acids is 1. The minimum atomic E-state index is -0.783. The molecule has 0 saturated carbocycles. The molecule has 0 bridgehead atoms. The molecule has 0 radical (unpaired) electrons. The summed E-state index contributed by atoms with van der Waals surface area (Å²) in [6.07, 6.45) is 0. The van der Waals surface area contributed by atoms with Crippen molar-refractivity contribution in [2.45, 2.75) is 33.6 Å². The average Bonchev–Trinajstić information content (AvgIpc) is 2.53. The van der Waals surface area contributed by atoms with Crippen LogP contribution in [0.5, 0.6) is 0 Å². The van der Waals surface area contributed by atoms with Gasteiger partial charge >= 0.3 is 5.97 Å². The van der Waals surface area contributed by atoms with Crippen LogP contribution in [0.15, 0.2) is 33.3 Å². The van der Waals surface area contributed by atoms with Crippen LogP contribution in [0.3, 0.4) is 0 Å². The number of ether oxygens (including phenoxy) is 2. The van der Waals surface area contributed by atoms with Gasteiger partial charge in [-0.3, -0.25) is 0 Å². The molecule has 0 aliphatic carbocycles. The van der Waals surface area contributed by atoms with E-state index in [1.165, 1.54) is 6.07 Å². The Morgan fingerprint density at radius 2 is 2.12 bits per heavy atom. The third-order valence-corrected chi connectivity index (χ3v) is 5.07. The van der Waals surface area contributed by atoms with Gasteiger partial charge in [-0.2, -0.15) is 5.26 Å². The molecule has 1 aliphatic rings. The zero-order valence-corrected chi connectivity index (χ0v) is 16.0. The fourth-order valence-corrected chi connectivity index (χ4v) is 3.34. The average molecular weight is 409 g/mol. The van der Waals surface area contributed by atoms with E-state index in [-0.39, 0.29) is 33.9 Å². The highest BCUT2D eigenvalue weighted by atomic mass is 79.9. The van der Waals surface area contributed by atoms with Gasteiger partial charge in [-0.05, 0) is 66.4 Å². The first-order chi connectivity index (χ1) is 11.7. The highest BCUT2D eigenvalue weighted by Gasteiger charge is 2.38. The Kier molecular flexibility index (Phi) is 5.53. The van der Waals surface area contributed by atoms with Crippen molar-refractivity contribution in [1.29, 1.82) is 5.26 Å². The second-order valence-electron chi connectivity index (χ2n) is 5.64. The number of aryl methyl sites for hydroxylation is 1. The van der Waals surface area contributed by atoms with E-state index >= 15 is 0 Å². The second-order valence-corrected chi connectivity index (χ2v) is 6.44. The van der Waals surface area contributed by atoms with Crippen molar-refractivity contribution in [2.24, 2.45) is 5.73 Å². The molecule has 0 saturated heterocycles. The van der Waals surface area contributed by atoms with Gasteiger partial charge in [-0.15, -0.1) is 0 Å². The number of hydrogen-bond donors (Lipinski definition) is 1. The number of nitriles is 1. The van der Waals surface area contributed by atoms with Crippen LogP contribution in [-0.4, -0.2) is 12.6 Å². The molecule has 25 heavy (non-hydrogen) atoms. The summed E-state index contributed by atoms with van der Waals surface area (Å²) >= 11 is 3.22. The van der Waals surface area contributed by atoms with Crippen molar-refractivity contribution >= 4 is 21.9 Å². The van der Waals surface area contributed by atoms with Crippen molar-refractivity contribution in [3.8, 4) is 6.07 Å². The molecule has 2 N–H and O–H groups in total. The first-order valence-corrected chi connectivity index (χ1v) is 8.44. The van der Waals surface area contributed by atoms with Gasteiger partial charge in [0.1, 0.15) is 23.2 Å². The van der Waals surface area contributed by atoms with Crippen molar-refractivity contribution in [1.82, 2.24) is 0 Å². The van der Waals surface area contributed by atoms with E-state index < -0.39 is 17.7 Å². The highest BCUT2D eigenvalue weighted by molar-refractivity contribution is 9.10. The lowest BCUT2D eigenvalue weighted by Gasteiger charge is -2.29. The summed E-state index contributed by atoms with van der Waals surface area (Å²) in [5, 5.41) is 9.59. The van der Waals surface area contributed by atoms with E-state index in [0.717, 1.165) is 0 Å². The maximum Gasteiger partial charge on any atom is 0.338 e. The third-order valence-electron chi connectivity index (χ3n) is 4.10. The van der Waals surface area contributed by atoms with Crippen LogP contribution in [-0.2, 0) is 14.3 Å². The number of halogens is 2. The smallest absolute Gasteiger partial charge is 0.338 e. The Labute approximate surface area is 154 Å². The first-order valence-electron chi connectivity index (χ1n) is 7.65. The summed E-state index contributed by atoms with van der Waals surface area (Å²) in [5.74, 6) is -1.60. The number of carbonyl (C=O) groups is 1. The summed E-state index contributed by atoms with van der Waals surface area (Å²) < 4.78 is 24.8. The fraction of sp³-hybridized carbons (Fsp3) is 0.333. The van der Waals surface area contributed by atoms with Gasteiger partial charge in [-0.25, -0.2) is 9.18 Å². The topological polar surface area (TPSA) is 85.3 Å². The van der Waals surface area contributed by atoms with E-state index in [4.69, 9.17) is 15.2 Å². The number of nitrogens with two attached hydrogens (primary N) is 1. The number of hydrogen-bond acceptors (Lipinski definition) is 5. The van der Waals surface area contributed by atoms with Crippen molar-refractivity contribution in [3.05, 3.63) is 55.8 Å². The maximum atomic E-state index is 14.0. The summed E-state index contributed by atoms with van der Waals surface area (Å²) in [4.78, 5) is 12.5. The zero-order chi connectivity index (χ0) is 18.9. The quantitative estimate of drug-likeness (QED) is 0.767. The number of esters is 1. The minimum absolute atomic E-state index is 0.0719. The molecular weight excluding hydrogens is 391 g/mol. The summed E-state index contributed by atoms with van der Waals surface area (Å²) in [6.45, 7) is 6.88. The summed E-state index contributed by atoms with van der Waals surface area (Å²) in [7, 11) is 0. The van der Waals surface area contributed by atoms with Gasteiger partial charge in [0, 0.05) is 0 Å². The van der Waals surface area contributed by atoms with Gasteiger partial charge in [0.25, 0.3) is 0 Å². The Morgan fingerprint density at radius 3 is 2.68 bits per heavy atom. The predicted molar refractivity (Wildman–Crippen MR) is 93.6 cm³/mol. The number of rotatable bonds is 3. The molecule has 1 aromatic rings. The number of allylic oxidation sites excluding steroid dienone is 2. The van der Waals surface area contributed by atoms with Crippen molar-refractivity contribution in [3.63, 3.8) is 0 Å². The second kappa shape index (κ2) is 7.28. The van der Waals surface area contributed by atoms with E-state index in [1.54, 1.807) is 27.7 Å². The SMILES string of the molecule is CCOC(=O)C1=C(C)OC(N)=C(C#N)C1c1c(C)cc(F)c(Br)c1C. The van der Waals surface area contributed by atoms with Crippen LogP contribution < -0.4 is 5.73 Å². The molecule has 0 amide bonds. The number of benzene rings is 1. The monoisotopic (exact) mass is 408 g/mol. The fourth-order valence-electron chi connectivity index (χ4n) is 3.01. The van der Waals surface area contributed by atoms with Crippen LogP contribution >= 0.6 is 15.9 Å². The van der Waals surface area contributed by atoms with Crippen LogP contribution in [0.2, 0.25) is 0 Å². The van der Waals surface area contributed by atoms with Gasteiger partial charge in [0.05, 0.1) is 22.6 Å². The molecule has 1 aromatic carbocycles. The molecule has 1 heterocycles. The van der Waals surface area contributed by atoms with Crippen molar-refractivity contribution < 1.29 is 18.7 Å². The van der Waals surface area contributed by atoms with Gasteiger partial charge < -0.3 is 15.2 Å². The molecule has 7 heteroatoms. The molecule has 1 atom stereocenters. The predicted octanol–water partition coefficient (Wildman–Crippen LogP) is 3.85. The highest BCUT2D eigenvalue weighted by Crippen LogP contribution is 2.43. The van der Waals surface area contributed by atoms with E-state index in [9.17, 15) is 14.4 Å². The molecule has 0 fully saturated rings. The lowest BCUT2D eigenvalue weighted by molar-refractivity contribution is -0.139. The molecular formula is C18H18BrFN2O3. The lowest BCUT2D eigenvalue weighted by atomic mass is 9.79. The standard InChI is InChI=1S/C18H18BrFN2O3/c1-5-24-18(23)14-10(4)25-17(22)11(7-21)15(14)13-8(2)6-12(20)16(19)9(13)3/h6,15H,5,22H2,1-4H3. The van der Waals surface area contributed by atoms with Crippen LogP contribution in [0.1, 0.15) is 36.5 Å². The minimum Gasteiger partial charge on any atom is -0.463 e. The van der Waals surface area contributed by atoms with Gasteiger partial charge in [0.15, 0.2) is 0 Å². The third kappa shape index (κ3) is 3.27. The van der Waals surface area contributed by atoms with Gasteiger partial charge in [-0.1, -0.05) is 0 Å². The lowest BCUT2D eigenvalue weighted by Crippen LogP contribution is -2.26. The number of nitrogens with zero attached hydrogens (tertiary/aromatic N) is 1. The van der Waals surface area contributed by atoms with E-state index in [0.29, 0.717) is 16.7 Å². The Hall–Kier alpha value is -2.33. The van der Waals surface area contributed by atoms with Crippen LogP contribution in [0, 0.1) is 31.0 Å². The molecule has 1 unspecified atom stereocenters. The Balaban J connectivity index is 2.81. The molecule has 2 rings (SSSR count). The summed E-state index contributed by atoms with van der Waals surface area (Å²) in [5.41, 5.74) is 7.97. The largest absolute Gasteiger partial charge is 0.463 e. The molecule has 1 aliphatic heterocycles. The first kappa shape index (κ1) is 19.0. The molecule has 0 aromatic heterocycles. The Bertz CT molecular complexity index is 853.